The Morgan fingerprint density at radius 3 is 2.10 bits per heavy atom. The first kappa shape index (κ1) is 20.7. The molecule has 0 aliphatic carbocycles. The third kappa shape index (κ3) is 2.87. The number of nitrogens with zero attached hydrogens (tertiary/aromatic N) is 1. The minimum atomic E-state index is 0.901. The lowest BCUT2D eigenvalue weighted by Crippen LogP contribution is -1.95. The summed E-state index contributed by atoms with van der Waals surface area (Å²) in [7, 11) is 0. The third-order valence-corrected chi connectivity index (χ3v) is 8.11. The first-order valence-corrected chi connectivity index (χ1v) is 13.3. The highest BCUT2D eigenvalue weighted by atomic mass is 16.3. The zero-order chi connectivity index (χ0) is 25.5. The van der Waals surface area contributed by atoms with Gasteiger partial charge in [-0.2, -0.15) is 0 Å². The van der Waals surface area contributed by atoms with Gasteiger partial charge in [0.25, 0.3) is 0 Å². The molecular formula is C36H22N2O. The maximum Gasteiger partial charge on any atom is 0.159 e. The molecule has 9 aromatic rings. The predicted octanol–water partition coefficient (Wildman–Crippen LogP) is 9.98. The van der Waals surface area contributed by atoms with Crippen LogP contribution in [0.2, 0.25) is 0 Å². The van der Waals surface area contributed by atoms with E-state index in [-0.39, 0.29) is 0 Å². The molecular weight excluding hydrogens is 476 g/mol. The molecule has 3 aromatic heterocycles. The van der Waals surface area contributed by atoms with Gasteiger partial charge in [-0.25, -0.2) is 0 Å². The molecule has 0 saturated carbocycles. The number of rotatable bonds is 2. The molecule has 0 amide bonds. The molecule has 0 saturated heterocycles. The normalized spacial score (nSPS) is 12.1. The Morgan fingerprint density at radius 1 is 0.462 bits per heavy atom. The van der Waals surface area contributed by atoms with Gasteiger partial charge in [-0.1, -0.05) is 84.9 Å². The van der Waals surface area contributed by atoms with E-state index in [1.165, 1.54) is 38.2 Å². The molecule has 0 spiro atoms. The summed E-state index contributed by atoms with van der Waals surface area (Å²) in [6.07, 6.45) is 0. The van der Waals surface area contributed by atoms with Crippen molar-refractivity contribution in [2.24, 2.45) is 0 Å². The lowest BCUT2D eigenvalue weighted by Gasteiger charge is -2.12. The molecule has 0 bridgehead atoms. The van der Waals surface area contributed by atoms with Gasteiger partial charge in [0.2, 0.25) is 0 Å². The second kappa shape index (κ2) is 7.62. The van der Waals surface area contributed by atoms with Crippen molar-refractivity contribution in [1.82, 2.24) is 9.55 Å². The second-order valence-corrected chi connectivity index (χ2v) is 10.3. The number of para-hydroxylation sites is 3. The number of hydrogen-bond acceptors (Lipinski definition) is 1. The second-order valence-electron chi connectivity index (χ2n) is 10.3. The van der Waals surface area contributed by atoms with Crippen LogP contribution in [0.3, 0.4) is 0 Å². The summed E-state index contributed by atoms with van der Waals surface area (Å²) in [4.78, 5) is 3.63. The molecule has 0 fully saturated rings. The minimum absolute atomic E-state index is 0.901. The highest BCUT2D eigenvalue weighted by Gasteiger charge is 2.20. The fraction of sp³-hybridized carbons (Fsp3) is 0. The summed E-state index contributed by atoms with van der Waals surface area (Å²) in [6.45, 7) is 0. The topological polar surface area (TPSA) is 33.9 Å². The molecule has 1 N–H and O–H groups in total. The highest BCUT2D eigenvalue weighted by molar-refractivity contribution is 6.19. The summed E-state index contributed by atoms with van der Waals surface area (Å²) in [6, 6.07) is 45.4. The van der Waals surface area contributed by atoms with Gasteiger partial charge >= 0.3 is 0 Å². The molecule has 0 aliphatic heterocycles. The number of aromatic amines is 1. The number of furan rings is 1. The Labute approximate surface area is 223 Å². The number of benzene rings is 6. The van der Waals surface area contributed by atoms with Crippen LogP contribution < -0.4 is 0 Å². The third-order valence-electron chi connectivity index (χ3n) is 8.11. The fourth-order valence-electron chi connectivity index (χ4n) is 6.35. The van der Waals surface area contributed by atoms with Crippen LogP contribution in [0.1, 0.15) is 0 Å². The maximum atomic E-state index is 6.61. The fourth-order valence-corrected chi connectivity index (χ4v) is 6.35. The molecule has 6 aromatic carbocycles. The summed E-state index contributed by atoms with van der Waals surface area (Å²) in [5.74, 6) is 0. The van der Waals surface area contributed by atoms with Crippen molar-refractivity contribution in [1.29, 1.82) is 0 Å². The maximum absolute atomic E-state index is 6.61. The zero-order valence-corrected chi connectivity index (χ0v) is 21.0. The number of H-pyrrole nitrogens is 1. The van der Waals surface area contributed by atoms with Crippen LogP contribution in [-0.4, -0.2) is 9.55 Å². The van der Waals surface area contributed by atoms with E-state index in [2.05, 4.69) is 131 Å². The molecule has 0 aliphatic rings. The van der Waals surface area contributed by atoms with Gasteiger partial charge in [0.05, 0.1) is 16.7 Å². The van der Waals surface area contributed by atoms with Crippen molar-refractivity contribution < 1.29 is 4.42 Å². The molecule has 3 heteroatoms. The summed E-state index contributed by atoms with van der Waals surface area (Å²) in [5, 5.41) is 7.16. The monoisotopic (exact) mass is 498 g/mol. The van der Waals surface area contributed by atoms with Gasteiger partial charge in [-0.05, 0) is 53.6 Å². The average Bonchev–Trinajstić information content (AvgIpc) is 3.65. The SMILES string of the molecule is c1ccc(-c2cc(-n3c4ccccc4c4cc5[nH]c6ccccc6c5cc43)c3oc4ccccc4c3c2)cc1. The lowest BCUT2D eigenvalue weighted by atomic mass is 10.0. The van der Waals surface area contributed by atoms with Crippen LogP contribution in [0.5, 0.6) is 0 Å². The van der Waals surface area contributed by atoms with Crippen molar-refractivity contribution in [3.63, 3.8) is 0 Å². The largest absolute Gasteiger partial charge is 0.454 e. The van der Waals surface area contributed by atoms with E-state index < -0.39 is 0 Å². The van der Waals surface area contributed by atoms with Gasteiger partial charge in [0.15, 0.2) is 5.58 Å². The standard InChI is InChI=1S/C36H22N2O/c1-2-10-22(11-3-1)23-18-29-26-14-6-9-17-35(26)39-36(29)34(19-23)38-32-16-8-5-13-25(32)28-20-31-27(21-33(28)38)24-12-4-7-15-30(24)37-31/h1-21,37H. The molecule has 3 nitrogen and oxygen atoms in total. The smallest absolute Gasteiger partial charge is 0.159 e. The van der Waals surface area contributed by atoms with Crippen LogP contribution >= 0.6 is 0 Å². The predicted molar refractivity (Wildman–Crippen MR) is 163 cm³/mol. The number of hydrogen-bond donors (Lipinski definition) is 1. The molecule has 3 heterocycles. The Balaban J connectivity index is 1.48. The zero-order valence-electron chi connectivity index (χ0n) is 21.0. The number of aromatic nitrogens is 2. The summed E-state index contributed by atoms with van der Waals surface area (Å²) >= 11 is 0. The van der Waals surface area contributed by atoms with E-state index in [0.717, 1.165) is 44.2 Å². The van der Waals surface area contributed by atoms with Gasteiger partial charge in [0.1, 0.15) is 5.58 Å². The Kier molecular flexibility index (Phi) is 4.05. The Morgan fingerprint density at radius 2 is 1.21 bits per heavy atom. The Hall–Kier alpha value is -5.28. The molecule has 39 heavy (non-hydrogen) atoms. The first-order chi connectivity index (χ1) is 19.3. The van der Waals surface area contributed by atoms with E-state index in [1.54, 1.807) is 0 Å². The molecule has 0 atom stereocenters. The van der Waals surface area contributed by atoms with Gasteiger partial charge < -0.3 is 14.0 Å². The lowest BCUT2D eigenvalue weighted by molar-refractivity contribution is 0.666. The molecule has 0 unspecified atom stereocenters. The van der Waals surface area contributed by atoms with Crippen LogP contribution in [0, 0.1) is 0 Å². The van der Waals surface area contributed by atoms with Crippen molar-refractivity contribution in [2.75, 3.05) is 0 Å². The van der Waals surface area contributed by atoms with Crippen molar-refractivity contribution in [3.05, 3.63) is 127 Å². The highest BCUT2D eigenvalue weighted by Crippen LogP contribution is 2.42. The minimum Gasteiger partial charge on any atom is -0.454 e. The van der Waals surface area contributed by atoms with Crippen molar-refractivity contribution in [3.8, 4) is 16.8 Å². The Bertz CT molecular complexity index is 2390. The summed E-state index contributed by atoms with van der Waals surface area (Å²) in [5.41, 5.74) is 9.84. The van der Waals surface area contributed by atoms with E-state index in [1.807, 2.05) is 6.07 Å². The van der Waals surface area contributed by atoms with Gasteiger partial charge in [-0.3, -0.25) is 0 Å². The van der Waals surface area contributed by atoms with Gasteiger partial charge in [-0.15, -0.1) is 0 Å². The van der Waals surface area contributed by atoms with E-state index >= 15 is 0 Å². The van der Waals surface area contributed by atoms with Gasteiger partial charge in [0, 0.05) is 43.4 Å². The van der Waals surface area contributed by atoms with Crippen molar-refractivity contribution in [2.45, 2.75) is 0 Å². The van der Waals surface area contributed by atoms with E-state index in [4.69, 9.17) is 4.42 Å². The van der Waals surface area contributed by atoms with E-state index in [0.29, 0.717) is 0 Å². The molecule has 0 radical (unpaired) electrons. The van der Waals surface area contributed by atoms with Crippen LogP contribution in [0.25, 0.3) is 82.4 Å². The molecule has 9 rings (SSSR count). The van der Waals surface area contributed by atoms with Crippen LogP contribution in [0.15, 0.2) is 132 Å². The molecule has 182 valence electrons. The average molecular weight is 499 g/mol. The number of nitrogens with one attached hydrogen (secondary N) is 1. The van der Waals surface area contributed by atoms with Crippen molar-refractivity contribution >= 4 is 65.6 Å². The summed E-state index contributed by atoms with van der Waals surface area (Å²) < 4.78 is 9.00. The first-order valence-electron chi connectivity index (χ1n) is 13.3. The van der Waals surface area contributed by atoms with Crippen LogP contribution in [-0.2, 0) is 0 Å². The number of fused-ring (bicyclic) bond motifs is 9. The van der Waals surface area contributed by atoms with Crippen LogP contribution in [0.4, 0.5) is 0 Å². The van der Waals surface area contributed by atoms with E-state index in [9.17, 15) is 0 Å². The quantitative estimate of drug-likeness (QED) is 0.253.